The van der Waals surface area contributed by atoms with E-state index in [0.29, 0.717) is 0 Å². The maximum atomic E-state index is 12.3. The molecule has 0 saturated heterocycles. The van der Waals surface area contributed by atoms with E-state index in [1.807, 2.05) is 19.1 Å². The van der Waals surface area contributed by atoms with Gasteiger partial charge in [-0.25, -0.2) is 0 Å². The van der Waals surface area contributed by atoms with Crippen LogP contribution in [0.5, 0.6) is 0 Å². The second kappa shape index (κ2) is 5.03. The van der Waals surface area contributed by atoms with Gasteiger partial charge in [0.25, 0.3) is 5.95 Å². The Bertz CT molecular complexity index is 498. The van der Waals surface area contributed by atoms with Crippen molar-refractivity contribution in [3.63, 3.8) is 0 Å². The van der Waals surface area contributed by atoms with Crippen LogP contribution in [0.25, 0.3) is 0 Å². The van der Waals surface area contributed by atoms with E-state index in [4.69, 9.17) is 9.47 Å². The van der Waals surface area contributed by atoms with Crippen molar-refractivity contribution in [3.05, 3.63) is 35.8 Å². The first kappa shape index (κ1) is 13.6. The zero-order valence-corrected chi connectivity index (χ0v) is 11.4. The van der Waals surface area contributed by atoms with Gasteiger partial charge < -0.3 is 9.47 Å². The number of carbonyl (C=O) groups excluding carboxylic acids is 2. The van der Waals surface area contributed by atoms with E-state index in [1.54, 1.807) is 26.0 Å². The summed E-state index contributed by atoms with van der Waals surface area (Å²) in [4.78, 5) is 24.2. The van der Waals surface area contributed by atoms with Crippen LogP contribution in [0, 0.1) is 0 Å². The standard InChI is InChI=1S/C15H18O4/c1-4-5-6-7-8-15(3)13(17)12-11(16)9-10(2)18-14(12)19-15/h5-8,10H,4,9H2,1-3H3. The fraction of sp³-hybridized carbons (Fsp3) is 0.467. The molecule has 0 saturated carbocycles. The Balaban J connectivity index is 2.22. The Hall–Kier alpha value is -1.84. The molecule has 2 aliphatic heterocycles. The smallest absolute Gasteiger partial charge is 0.295 e. The Kier molecular flexibility index (Phi) is 3.60. The second-order valence-electron chi connectivity index (χ2n) is 4.95. The third-order valence-corrected chi connectivity index (χ3v) is 3.14. The number of allylic oxidation sites excluding steroid dienone is 3. The maximum absolute atomic E-state index is 12.3. The molecule has 0 amide bonds. The minimum Gasteiger partial charge on any atom is -0.461 e. The number of carbonyl (C=O) groups is 2. The minimum absolute atomic E-state index is 0.0738. The van der Waals surface area contributed by atoms with E-state index < -0.39 is 5.60 Å². The van der Waals surface area contributed by atoms with Gasteiger partial charge in [-0.05, 0) is 26.3 Å². The van der Waals surface area contributed by atoms with Crippen molar-refractivity contribution in [3.8, 4) is 0 Å². The van der Waals surface area contributed by atoms with E-state index in [0.717, 1.165) is 6.42 Å². The van der Waals surface area contributed by atoms with E-state index in [9.17, 15) is 9.59 Å². The van der Waals surface area contributed by atoms with Crippen molar-refractivity contribution in [2.24, 2.45) is 0 Å². The highest BCUT2D eigenvalue weighted by Crippen LogP contribution is 2.37. The third kappa shape index (κ3) is 2.48. The van der Waals surface area contributed by atoms with Gasteiger partial charge in [-0.1, -0.05) is 25.2 Å². The van der Waals surface area contributed by atoms with Crippen LogP contribution in [0.1, 0.15) is 33.6 Å². The molecule has 0 aromatic heterocycles. The van der Waals surface area contributed by atoms with Gasteiger partial charge >= 0.3 is 0 Å². The van der Waals surface area contributed by atoms with Crippen LogP contribution in [0.4, 0.5) is 0 Å². The fourth-order valence-electron chi connectivity index (χ4n) is 2.11. The lowest BCUT2D eigenvalue weighted by atomic mass is 9.92. The van der Waals surface area contributed by atoms with Crippen molar-refractivity contribution in [2.45, 2.75) is 45.3 Å². The zero-order valence-electron chi connectivity index (χ0n) is 11.4. The second-order valence-corrected chi connectivity index (χ2v) is 4.95. The number of hydrogen-bond donors (Lipinski definition) is 0. The van der Waals surface area contributed by atoms with Crippen LogP contribution < -0.4 is 0 Å². The van der Waals surface area contributed by atoms with Gasteiger partial charge in [0.1, 0.15) is 11.7 Å². The first-order valence-corrected chi connectivity index (χ1v) is 6.50. The summed E-state index contributed by atoms with van der Waals surface area (Å²) in [7, 11) is 0. The molecule has 0 bridgehead atoms. The molecule has 0 aromatic rings. The van der Waals surface area contributed by atoms with E-state index >= 15 is 0 Å². The molecule has 2 heterocycles. The molecule has 2 atom stereocenters. The number of Topliss-reactive ketones (excluding diaryl/α,β-unsaturated/α-hetero) is 2. The Morgan fingerprint density at radius 3 is 2.79 bits per heavy atom. The lowest BCUT2D eigenvalue weighted by Crippen LogP contribution is -2.32. The van der Waals surface area contributed by atoms with Crippen molar-refractivity contribution in [2.75, 3.05) is 0 Å². The van der Waals surface area contributed by atoms with Gasteiger partial charge in [-0.15, -0.1) is 0 Å². The van der Waals surface area contributed by atoms with E-state index in [2.05, 4.69) is 0 Å². The Morgan fingerprint density at radius 1 is 1.37 bits per heavy atom. The van der Waals surface area contributed by atoms with Gasteiger partial charge in [0.2, 0.25) is 5.78 Å². The average Bonchev–Trinajstić information content (AvgIpc) is 2.57. The van der Waals surface area contributed by atoms with Crippen molar-refractivity contribution in [1.29, 1.82) is 0 Å². The summed E-state index contributed by atoms with van der Waals surface area (Å²) >= 11 is 0. The summed E-state index contributed by atoms with van der Waals surface area (Å²) < 4.78 is 11.0. The van der Waals surface area contributed by atoms with Gasteiger partial charge in [0.15, 0.2) is 11.4 Å². The topological polar surface area (TPSA) is 52.6 Å². The van der Waals surface area contributed by atoms with Crippen LogP contribution in [0.15, 0.2) is 35.8 Å². The number of rotatable bonds is 3. The predicted molar refractivity (Wildman–Crippen MR) is 70.3 cm³/mol. The Morgan fingerprint density at radius 2 is 2.11 bits per heavy atom. The van der Waals surface area contributed by atoms with Crippen LogP contribution in [0.3, 0.4) is 0 Å². The summed E-state index contributed by atoms with van der Waals surface area (Å²) in [5, 5.41) is 0. The number of hydrogen-bond acceptors (Lipinski definition) is 4. The molecule has 0 fully saturated rings. The largest absolute Gasteiger partial charge is 0.461 e. The molecule has 102 valence electrons. The van der Waals surface area contributed by atoms with Gasteiger partial charge in [-0.3, -0.25) is 9.59 Å². The minimum atomic E-state index is -1.14. The van der Waals surface area contributed by atoms with Crippen LogP contribution in [-0.4, -0.2) is 23.3 Å². The quantitative estimate of drug-likeness (QED) is 0.579. The van der Waals surface area contributed by atoms with Crippen molar-refractivity contribution >= 4 is 11.6 Å². The molecule has 0 radical (unpaired) electrons. The van der Waals surface area contributed by atoms with E-state index in [1.165, 1.54) is 0 Å². The summed E-state index contributed by atoms with van der Waals surface area (Å²) in [5.41, 5.74) is -1.06. The normalized spacial score (nSPS) is 31.0. The summed E-state index contributed by atoms with van der Waals surface area (Å²) in [6, 6.07) is 0. The molecule has 0 N–H and O–H groups in total. The van der Waals surface area contributed by atoms with Gasteiger partial charge in [-0.2, -0.15) is 0 Å². The lowest BCUT2D eigenvalue weighted by Gasteiger charge is -2.21. The van der Waals surface area contributed by atoms with Crippen LogP contribution >= 0.6 is 0 Å². The average molecular weight is 262 g/mol. The molecule has 0 spiro atoms. The molecule has 0 aromatic carbocycles. The summed E-state index contributed by atoms with van der Waals surface area (Å²) in [6.07, 6.45) is 8.13. The van der Waals surface area contributed by atoms with Gasteiger partial charge in [0.05, 0.1) is 0 Å². The molecule has 2 unspecified atom stereocenters. The Labute approximate surface area is 112 Å². The summed E-state index contributed by atoms with van der Waals surface area (Å²) in [5.74, 6) is -0.430. The number of ketones is 2. The highest BCUT2D eigenvalue weighted by Gasteiger charge is 2.50. The molecule has 19 heavy (non-hydrogen) atoms. The predicted octanol–water partition coefficient (Wildman–Crippen LogP) is 2.46. The monoisotopic (exact) mass is 262 g/mol. The first-order chi connectivity index (χ1) is 8.98. The molecular weight excluding hydrogens is 244 g/mol. The fourth-order valence-corrected chi connectivity index (χ4v) is 2.11. The maximum Gasteiger partial charge on any atom is 0.295 e. The summed E-state index contributed by atoms with van der Waals surface area (Å²) in [6.45, 7) is 5.45. The molecule has 0 aliphatic carbocycles. The van der Waals surface area contributed by atoms with Crippen molar-refractivity contribution in [1.82, 2.24) is 0 Å². The molecule has 4 nitrogen and oxygen atoms in total. The molecular formula is C15H18O4. The zero-order chi connectivity index (χ0) is 14.0. The molecule has 2 aliphatic rings. The highest BCUT2D eigenvalue weighted by atomic mass is 16.7. The SMILES string of the molecule is CCC=CC=CC1(C)OC2=C(C(=O)CC(C)O2)C1=O. The van der Waals surface area contributed by atoms with Crippen LogP contribution in [0.2, 0.25) is 0 Å². The van der Waals surface area contributed by atoms with Gasteiger partial charge in [0, 0.05) is 6.42 Å². The first-order valence-electron chi connectivity index (χ1n) is 6.50. The number of ether oxygens (including phenoxy) is 2. The lowest BCUT2D eigenvalue weighted by molar-refractivity contribution is -0.128. The highest BCUT2D eigenvalue weighted by molar-refractivity contribution is 6.25. The van der Waals surface area contributed by atoms with Crippen molar-refractivity contribution < 1.29 is 19.1 Å². The molecule has 4 heteroatoms. The van der Waals surface area contributed by atoms with E-state index in [-0.39, 0.29) is 35.6 Å². The molecule has 2 rings (SSSR count). The third-order valence-electron chi connectivity index (χ3n) is 3.14. The van der Waals surface area contributed by atoms with Crippen LogP contribution in [-0.2, 0) is 19.1 Å².